The van der Waals surface area contributed by atoms with Crippen LogP contribution in [0.2, 0.25) is 0 Å². The van der Waals surface area contributed by atoms with Crippen LogP contribution in [0.5, 0.6) is 0 Å². The summed E-state index contributed by atoms with van der Waals surface area (Å²) in [7, 11) is 0. The molecule has 0 fully saturated rings. The van der Waals surface area contributed by atoms with Gasteiger partial charge in [-0.1, -0.05) is 0 Å². The van der Waals surface area contributed by atoms with Crippen LogP contribution in [0.3, 0.4) is 0 Å². The average Bonchev–Trinajstić information content (AvgIpc) is 1.41. The zero-order chi connectivity index (χ0) is 4.12. The second-order valence-corrected chi connectivity index (χ2v) is 0.838. The summed E-state index contributed by atoms with van der Waals surface area (Å²) >= 11 is -1.40. The fourth-order valence-electron chi connectivity index (χ4n) is 0.0176. The van der Waals surface area contributed by atoms with Gasteiger partial charge in [-0.25, -0.2) is 0 Å². The van der Waals surface area contributed by atoms with E-state index in [0.717, 1.165) is 0 Å². The third kappa shape index (κ3) is 3.85. The second kappa shape index (κ2) is 3.85. The Morgan fingerprint density at radius 2 is 2.40 bits per heavy atom. The van der Waals surface area contributed by atoms with Gasteiger partial charge in [0.25, 0.3) is 0 Å². The minimum absolute atomic E-state index is 0.160. The average molecular weight is 112 g/mol. The Morgan fingerprint density at radius 1 is 1.80 bits per heavy atom. The van der Waals surface area contributed by atoms with Crippen molar-refractivity contribution in [3.8, 4) is 0 Å². The summed E-state index contributed by atoms with van der Waals surface area (Å²) < 4.78 is 12.9. The maximum absolute atomic E-state index is 9.17. The molecule has 0 saturated heterocycles. The first kappa shape index (κ1) is 4.85. The van der Waals surface area contributed by atoms with E-state index in [9.17, 15) is 3.67 Å². The standard InChI is InChI=1S/CH2O2.O.V/c2-1-3;;/h1H,(H,2,3);;/q;;+1/p-1. The monoisotopic (exact) mass is 112 g/mol. The fourth-order valence-corrected chi connectivity index (χ4v) is 0.0724. The van der Waals surface area contributed by atoms with Crippen molar-refractivity contribution in [1.29, 1.82) is 0 Å². The molecular weight excluding hydrogens is 111 g/mol. The molecule has 0 bridgehead atoms. The number of hydrogen-bond acceptors (Lipinski definition) is 3. The molecule has 3 nitrogen and oxygen atoms in total. The van der Waals surface area contributed by atoms with E-state index < -0.39 is 16.6 Å². The first-order chi connectivity index (χ1) is 2.41. The topological polar surface area (TPSA) is 43.4 Å². The van der Waals surface area contributed by atoms with Gasteiger partial charge in [0.2, 0.25) is 0 Å². The number of hydrogen-bond donors (Lipinski definition) is 0. The van der Waals surface area contributed by atoms with Crippen LogP contribution in [0.4, 0.5) is 0 Å². The first-order valence-corrected chi connectivity index (χ1v) is 1.98. The van der Waals surface area contributed by atoms with Gasteiger partial charge in [0.1, 0.15) is 0 Å². The molecule has 0 amide bonds. The van der Waals surface area contributed by atoms with E-state index in [2.05, 4.69) is 3.66 Å². The van der Waals surface area contributed by atoms with Gasteiger partial charge in [0.05, 0.1) is 0 Å². The molecule has 0 atom stereocenters. The summed E-state index contributed by atoms with van der Waals surface area (Å²) in [6.45, 7) is 0.160. The fraction of sp³-hybridized carbons (Fsp3) is 0. The first-order valence-electron chi connectivity index (χ1n) is 0.837. The van der Waals surface area contributed by atoms with E-state index in [-0.39, 0.29) is 6.47 Å². The minimum atomic E-state index is -1.40. The van der Waals surface area contributed by atoms with Gasteiger partial charge >= 0.3 is 35.2 Å². The van der Waals surface area contributed by atoms with Crippen LogP contribution in [-0.2, 0) is 28.7 Å². The number of carbonyl (C=O) groups excluding carboxylic acids is 1. The van der Waals surface area contributed by atoms with Crippen LogP contribution in [0.15, 0.2) is 0 Å². The van der Waals surface area contributed by atoms with Gasteiger partial charge in [0, 0.05) is 0 Å². The normalized spacial score (nSPS) is 5.60. The molecule has 0 aromatic carbocycles. The number of rotatable bonds is 2. The van der Waals surface area contributed by atoms with Crippen LogP contribution in [0, 0.1) is 0 Å². The zero-order valence-corrected chi connectivity index (χ0v) is 3.65. The molecule has 5 heavy (non-hydrogen) atoms. The molecule has 0 aliphatic carbocycles. The molecule has 0 aliphatic rings. The zero-order valence-electron chi connectivity index (χ0n) is 2.25. The van der Waals surface area contributed by atoms with E-state index >= 15 is 0 Å². The molecule has 0 aromatic rings. The van der Waals surface area contributed by atoms with Crippen LogP contribution in [-0.4, -0.2) is 6.47 Å². The summed E-state index contributed by atoms with van der Waals surface area (Å²) in [5.74, 6) is 0. The third-order valence-electron chi connectivity index (χ3n) is 0.0861. The van der Waals surface area contributed by atoms with Gasteiger partial charge in [-0.15, -0.1) is 0 Å². The summed E-state index contributed by atoms with van der Waals surface area (Å²) in [6, 6.07) is 0. The second-order valence-electron chi connectivity index (χ2n) is 0.276. The Kier molecular flexibility index (Phi) is 3.74. The van der Waals surface area contributed by atoms with Crippen molar-refractivity contribution in [3.05, 3.63) is 0 Å². The van der Waals surface area contributed by atoms with Crippen LogP contribution in [0.1, 0.15) is 0 Å². The molecule has 28 valence electrons. The van der Waals surface area contributed by atoms with Gasteiger partial charge in [-0.2, -0.15) is 0 Å². The predicted molar refractivity (Wildman–Crippen MR) is 7.84 cm³/mol. The van der Waals surface area contributed by atoms with Crippen molar-refractivity contribution in [2.75, 3.05) is 0 Å². The molecule has 0 radical (unpaired) electrons. The molecule has 0 spiro atoms. The Morgan fingerprint density at radius 3 is 2.40 bits per heavy atom. The van der Waals surface area contributed by atoms with E-state index in [1.807, 2.05) is 0 Å². The summed E-state index contributed by atoms with van der Waals surface area (Å²) in [6.07, 6.45) is 0. The van der Waals surface area contributed by atoms with Crippen molar-refractivity contribution in [2.45, 2.75) is 0 Å². The molecule has 0 rings (SSSR count). The van der Waals surface area contributed by atoms with Gasteiger partial charge in [-0.05, 0) is 0 Å². The van der Waals surface area contributed by atoms with Crippen molar-refractivity contribution in [3.63, 3.8) is 0 Å². The Labute approximate surface area is 36.0 Å². The van der Waals surface area contributed by atoms with E-state index in [4.69, 9.17) is 4.79 Å². The third-order valence-corrected chi connectivity index (χ3v) is 0.355. The van der Waals surface area contributed by atoms with Crippen molar-refractivity contribution in [1.82, 2.24) is 0 Å². The Balaban J connectivity index is 2.65. The Bertz CT molecular complexity index is 36.2. The molecular formula is CHO3V. The van der Waals surface area contributed by atoms with Crippen LogP contribution in [0.25, 0.3) is 0 Å². The summed E-state index contributed by atoms with van der Waals surface area (Å²) in [4.78, 5) is 9.01. The molecule has 0 saturated carbocycles. The van der Waals surface area contributed by atoms with Gasteiger partial charge in [-0.3, -0.25) is 0 Å². The Hall–Kier alpha value is -0.146. The molecule has 0 aliphatic heterocycles. The molecule has 0 unspecified atom stereocenters. The number of carbonyl (C=O) groups is 1. The van der Waals surface area contributed by atoms with Crippen molar-refractivity contribution >= 4 is 6.47 Å². The van der Waals surface area contributed by atoms with Gasteiger partial charge in [0.15, 0.2) is 0 Å². The van der Waals surface area contributed by atoms with Crippen LogP contribution >= 0.6 is 0 Å². The molecule has 0 heterocycles. The van der Waals surface area contributed by atoms with E-state index in [1.54, 1.807) is 0 Å². The summed E-state index contributed by atoms with van der Waals surface area (Å²) in [5.41, 5.74) is 0. The molecule has 0 N–H and O–H groups in total. The summed E-state index contributed by atoms with van der Waals surface area (Å²) in [5, 5.41) is 0. The SMILES string of the molecule is O=C[O][V]=[O]. The van der Waals surface area contributed by atoms with Crippen molar-refractivity contribution < 1.29 is 28.7 Å². The quantitative estimate of drug-likeness (QED) is 0.452. The molecule has 0 aromatic heterocycles. The maximum atomic E-state index is 9.17. The van der Waals surface area contributed by atoms with Gasteiger partial charge < -0.3 is 0 Å². The van der Waals surface area contributed by atoms with Crippen molar-refractivity contribution in [2.24, 2.45) is 0 Å². The van der Waals surface area contributed by atoms with E-state index in [0.29, 0.717) is 0 Å². The predicted octanol–water partition coefficient (Wildman–Crippen LogP) is -0.498. The van der Waals surface area contributed by atoms with E-state index in [1.165, 1.54) is 0 Å². The van der Waals surface area contributed by atoms with Crippen LogP contribution < -0.4 is 0 Å². The molecule has 4 heteroatoms.